The summed E-state index contributed by atoms with van der Waals surface area (Å²) in [5.41, 5.74) is 4.41. The first kappa shape index (κ1) is 22.9. The minimum atomic E-state index is -0.877. The molecule has 4 heteroatoms. The van der Waals surface area contributed by atoms with Crippen LogP contribution in [0.25, 0.3) is 11.1 Å². The Bertz CT molecular complexity index is 845. The summed E-state index contributed by atoms with van der Waals surface area (Å²) in [6, 6.07) is 14.3. The Kier molecular flexibility index (Phi) is 8.41. The number of carboxylic acids is 1. The van der Waals surface area contributed by atoms with E-state index in [1.54, 1.807) is 6.07 Å². The smallest absolute Gasteiger partial charge is 0.336 e. The van der Waals surface area contributed by atoms with E-state index in [0.717, 1.165) is 33.9 Å². The van der Waals surface area contributed by atoms with Gasteiger partial charge in [0, 0.05) is 6.04 Å². The first-order valence-corrected chi connectivity index (χ1v) is 12.3. The van der Waals surface area contributed by atoms with Crippen LogP contribution in [0.3, 0.4) is 0 Å². The second kappa shape index (κ2) is 11.0. The average Bonchev–Trinajstić information content (AvgIpc) is 2.74. The molecule has 2 aromatic carbocycles. The standard InChI is InChI=1S/C26H35NO2S/c1-4-30-25(27-19(3)16-20-11-6-5-7-12-20)21-14-15-23(26(28)29)24(17-21)22-13-9-8-10-18(22)2/h8-10,13-15,17,19-20,25,27H,4-7,11-12,16H2,1-3H3,(H,28,29). The molecule has 2 N–H and O–H groups in total. The molecular formula is C26H35NO2S. The van der Waals surface area contributed by atoms with Crippen molar-refractivity contribution >= 4 is 17.7 Å². The van der Waals surface area contributed by atoms with Crippen LogP contribution in [0, 0.1) is 12.8 Å². The van der Waals surface area contributed by atoms with Crippen LogP contribution in [0.2, 0.25) is 0 Å². The first-order chi connectivity index (χ1) is 14.5. The predicted molar refractivity (Wildman–Crippen MR) is 128 cm³/mol. The zero-order chi connectivity index (χ0) is 21.5. The van der Waals surface area contributed by atoms with Gasteiger partial charge < -0.3 is 5.11 Å². The number of carboxylic acid groups (broad SMARTS) is 1. The Morgan fingerprint density at radius 2 is 1.87 bits per heavy atom. The van der Waals surface area contributed by atoms with Crippen molar-refractivity contribution in [2.75, 3.05) is 5.75 Å². The maximum absolute atomic E-state index is 11.9. The number of rotatable bonds is 9. The number of carbonyl (C=O) groups is 1. The van der Waals surface area contributed by atoms with Crippen molar-refractivity contribution in [1.82, 2.24) is 5.32 Å². The SMILES string of the molecule is CCSC(NC(C)CC1CCCCC1)c1ccc(C(=O)O)c(-c2ccccc2C)c1. The van der Waals surface area contributed by atoms with Crippen molar-refractivity contribution in [1.29, 1.82) is 0 Å². The lowest BCUT2D eigenvalue weighted by molar-refractivity contribution is 0.0697. The fourth-order valence-corrected chi connectivity index (χ4v) is 5.67. The fourth-order valence-electron chi connectivity index (χ4n) is 4.67. The van der Waals surface area contributed by atoms with Crippen LogP contribution in [0.15, 0.2) is 42.5 Å². The van der Waals surface area contributed by atoms with Crippen LogP contribution in [0.4, 0.5) is 0 Å². The van der Waals surface area contributed by atoms with E-state index in [4.69, 9.17) is 0 Å². The van der Waals surface area contributed by atoms with Crippen LogP contribution >= 0.6 is 11.8 Å². The van der Waals surface area contributed by atoms with Gasteiger partial charge in [-0.2, -0.15) is 0 Å². The zero-order valence-corrected chi connectivity index (χ0v) is 19.3. The van der Waals surface area contributed by atoms with E-state index in [9.17, 15) is 9.90 Å². The minimum absolute atomic E-state index is 0.166. The lowest BCUT2D eigenvalue weighted by Gasteiger charge is -2.28. The van der Waals surface area contributed by atoms with Gasteiger partial charge in [-0.05, 0) is 66.3 Å². The molecule has 0 spiro atoms. The van der Waals surface area contributed by atoms with Crippen molar-refractivity contribution in [3.63, 3.8) is 0 Å². The summed E-state index contributed by atoms with van der Waals surface area (Å²) in [4.78, 5) is 11.9. The molecule has 1 aliphatic carbocycles. The molecule has 3 nitrogen and oxygen atoms in total. The highest BCUT2D eigenvalue weighted by atomic mass is 32.2. The van der Waals surface area contributed by atoms with E-state index in [0.29, 0.717) is 11.6 Å². The third kappa shape index (κ3) is 5.89. The molecule has 0 bridgehead atoms. The number of hydrogen-bond acceptors (Lipinski definition) is 3. The van der Waals surface area contributed by atoms with Crippen molar-refractivity contribution in [2.45, 2.75) is 70.7 Å². The zero-order valence-electron chi connectivity index (χ0n) is 18.5. The summed E-state index contributed by atoms with van der Waals surface area (Å²) in [5, 5.41) is 13.8. The molecule has 2 unspecified atom stereocenters. The highest BCUT2D eigenvalue weighted by Crippen LogP contribution is 2.34. The monoisotopic (exact) mass is 425 g/mol. The van der Waals surface area contributed by atoms with Crippen molar-refractivity contribution in [2.24, 2.45) is 5.92 Å². The molecule has 2 aromatic rings. The molecule has 1 saturated carbocycles. The van der Waals surface area contributed by atoms with Crippen LogP contribution in [0.5, 0.6) is 0 Å². The van der Waals surface area contributed by atoms with E-state index in [1.165, 1.54) is 38.5 Å². The van der Waals surface area contributed by atoms with Crippen molar-refractivity contribution < 1.29 is 9.90 Å². The van der Waals surface area contributed by atoms with E-state index >= 15 is 0 Å². The van der Waals surface area contributed by atoms with Gasteiger partial charge in [-0.3, -0.25) is 5.32 Å². The molecule has 30 heavy (non-hydrogen) atoms. The van der Waals surface area contributed by atoms with Gasteiger partial charge in [0.1, 0.15) is 0 Å². The maximum atomic E-state index is 11.9. The summed E-state index contributed by atoms with van der Waals surface area (Å²) >= 11 is 1.88. The van der Waals surface area contributed by atoms with Gasteiger partial charge in [0.25, 0.3) is 0 Å². The summed E-state index contributed by atoms with van der Waals surface area (Å²) in [6.07, 6.45) is 8.09. The molecule has 2 atom stereocenters. The summed E-state index contributed by atoms with van der Waals surface area (Å²) < 4.78 is 0. The second-order valence-electron chi connectivity index (χ2n) is 8.57. The third-order valence-electron chi connectivity index (χ3n) is 6.19. The van der Waals surface area contributed by atoms with Crippen molar-refractivity contribution in [3.05, 3.63) is 59.2 Å². The summed E-state index contributed by atoms with van der Waals surface area (Å²) in [6.45, 7) is 6.52. The Morgan fingerprint density at radius 3 is 2.53 bits per heavy atom. The predicted octanol–water partition coefficient (Wildman–Crippen LogP) is 7.06. The Hall–Kier alpha value is -1.78. The first-order valence-electron chi connectivity index (χ1n) is 11.3. The number of thioether (sulfide) groups is 1. The number of aromatic carboxylic acids is 1. The Balaban J connectivity index is 1.86. The second-order valence-corrected chi connectivity index (χ2v) is 9.95. The highest BCUT2D eigenvalue weighted by Gasteiger charge is 2.22. The highest BCUT2D eigenvalue weighted by molar-refractivity contribution is 7.99. The molecule has 162 valence electrons. The molecule has 0 radical (unpaired) electrons. The van der Waals surface area contributed by atoms with Gasteiger partial charge in [-0.15, -0.1) is 11.8 Å². The lowest BCUT2D eigenvalue weighted by atomic mass is 9.85. The maximum Gasteiger partial charge on any atom is 0.336 e. The molecule has 3 rings (SSSR count). The molecule has 0 amide bonds. The van der Waals surface area contributed by atoms with Gasteiger partial charge in [0.15, 0.2) is 0 Å². The molecule has 0 aromatic heterocycles. The van der Waals surface area contributed by atoms with Crippen LogP contribution in [-0.2, 0) is 0 Å². The van der Waals surface area contributed by atoms with Crippen LogP contribution in [-0.4, -0.2) is 22.9 Å². The largest absolute Gasteiger partial charge is 0.478 e. The molecule has 0 aliphatic heterocycles. The van der Waals surface area contributed by atoms with E-state index in [-0.39, 0.29) is 5.37 Å². The lowest BCUT2D eigenvalue weighted by Crippen LogP contribution is -2.31. The Morgan fingerprint density at radius 1 is 1.13 bits per heavy atom. The van der Waals surface area contributed by atoms with Gasteiger partial charge in [0.05, 0.1) is 10.9 Å². The van der Waals surface area contributed by atoms with Gasteiger partial charge in [0.2, 0.25) is 0 Å². The van der Waals surface area contributed by atoms with E-state index < -0.39 is 5.97 Å². The van der Waals surface area contributed by atoms with Gasteiger partial charge >= 0.3 is 5.97 Å². The number of hydrogen-bond donors (Lipinski definition) is 2. The third-order valence-corrected chi connectivity index (χ3v) is 7.27. The van der Waals surface area contributed by atoms with Gasteiger partial charge in [-0.1, -0.05) is 69.4 Å². The van der Waals surface area contributed by atoms with E-state index in [1.807, 2.05) is 49.0 Å². The normalized spacial score (nSPS) is 16.9. The number of benzene rings is 2. The number of nitrogens with one attached hydrogen (secondary N) is 1. The molecule has 0 heterocycles. The molecule has 1 aliphatic rings. The Labute approximate surface area is 185 Å². The topological polar surface area (TPSA) is 49.3 Å². The summed E-state index contributed by atoms with van der Waals surface area (Å²) in [5.74, 6) is 0.970. The minimum Gasteiger partial charge on any atom is -0.478 e. The molecular weight excluding hydrogens is 390 g/mol. The molecule has 1 fully saturated rings. The quantitative estimate of drug-likeness (QED) is 0.422. The van der Waals surface area contributed by atoms with Gasteiger partial charge in [-0.25, -0.2) is 4.79 Å². The van der Waals surface area contributed by atoms with Crippen molar-refractivity contribution in [3.8, 4) is 11.1 Å². The average molecular weight is 426 g/mol. The molecule has 0 saturated heterocycles. The van der Waals surface area contributed by atoms with E-state index in [2.05, 4.69) is 25.2 Å². The van der Waals surface area contributed by atoms with Crippen LogP contribution in [0.1, 0.15) is 79.2 Å². The van der Waals surface area contributed by atoms with Crippen LogP contribution < -0.4 is 5.32 Å². The number of aryl methyl sites for hydroxylation is 1. The fraction of sp³-hybridized carbons (Fsp3) is 0.500. The summed E-state index contributed by atoms with van der Waals surface area (Å²) in [7, 11) is 0.